The molecule has 0 amide bonds. The highest BCUT2D eigenvalue weighted by atomic mass is 35.5. The molecule has 18 heavy (non-hydrogen) atoms. The molecule has 94 valence electrons. The predicted molar refractivity (Wildman–Crippen MR) is 75.2 cm³/mol. The Morgan fingerprint density at radius 2 is 1.72 bits per heavy atom. The molecule has 0 fully saturated rings. The lowest BCUT2D eigenvalue weighted by Crippen LogP contribution is -2.01. The van der Waals surface area contributed by atoms with Gasteiger partial charge in [-0.3, -0.25) is 0 Å². The molecule has 0 aliphatic rings. The number of rotatable bonds is 3. The summed E-state index contributed by atoms with van der Waals surface area (Å²) in [6.07, 6.45) is 0. The number of nitrogens with one attached hydrogen (secondary N) is 1. The molecule has 0 bridgehead atoms. The van der Waals surface area contributed by atoms with Gasteiger partial charge in [0.25, 0.3) is 0 Å². The van der Waals surface area contributed by atoms with Crippen LogP contribution in [0.15, 0.2) is 36.4 Å². The SMILES string of the molecule is Fc1cc(Cl)ccc1CNc1ccc(Cl)c(Cl)c1. The Hall–Kier alpha value is -0.960. The van der Waals surface area contributed by atoms with Crippen LogP contribution < -0.4 is 5.32 Å². The van der Waals surface area contributed by atoms with Gasteiger partial charge in [0.1, 0.15) is 5.82 Å². The van der Waals surface area contributed by atoms with Crippen LogP contribution >= 0.6 is 34.8 Å². The largest absolute Gasteiger partial charge is 0.381 e. The van der Waals surface area contributed by atoms with Crippen molar-refractivity contribution < 1.29 is 4.39 Å². The number of benzene rings is 2. The van der Waals surface area contributed by atoms with Gasteiger partial charge in [-0.05, 0) is 30.3 Å². The Labute approximate surface area is 119 Å². The quantitative estimate of drug-likeness (QED) is 0.800. The van der Waals surface area contributed by atoms with Crippen LogP contribution in [0.5, 0.6) is 0 Å². The van der Waals surface area contributed by atoms with Crippen LogP contribution in [0.2, 0.25) is 15.1 Å². The van der Waals surface area contributed by atoms with E-state index in [0.717, 1.165) is 5.69 Å². The van der Waals surface area contributed by atoms with Gasteiger partial charge in [-0.25, -0.2) is 4.39 Å². The Balaban J connectivity index is 2.09. The standard InChI is InChI=1S/C13H9Cl3FN/c14-9-2-1-8(13(17)5-9)7-18-10-3-4-11(15)12(16)6-10/h1-6,18H,7H2. The molecule has 1 N–H and O–H groups in total. The average molecular weight is 305 g/mol. The molecule has 0 spiro atoms. The third-order valence-corrected chi connectivity index (χ3v) is 3.39. The first-order chi connectivity index (χ1) is 8.56. The van der Waals surface area contributed by atoms with Crippen molar-refractivity contribution in [1.82, 2.24) is 0 Å². The topological polar surface area (TPSA) is 12.0 Å². The van der Waals surface area contributed by atoms with Crippen LogP contribution in [0.25, 0.3) is 0 Å². The molecule has 1 nitrogen and oxygen atoms in total. The van der Waals surface area contributed by atoms with Gasteiger partial charge in [0.05, 0.1) is 10.0 Å². The molecule has 0 aliphatic carbocycles. The van der Waals surface area contributed by atoms with Crippen LogP contribution in [-0.2, 0) is 6.54 Å². The molecule has 0 saturated heterocycles. The fourth-order valence-corrected chi connectivity index (χ4v) is 1.93. The second-order valence-corrected chi connectivity index (χ2v) is 4.97. The minimum absolute atomic E-state index is 0.338. The molecule has 0 heterocycles. The maximum Gasteiger partial charge on any atom is 0.129 e. The summed E-state index contributed by atoms with van der Waals surface area (Å²) in [7, 11) is 0. The van der Waals surface area contributed by atoms with Gasteiger partial charge in [0.2, 0.25) is 0 Å². The first kappa shape index (κ1) is 13.5. The van der Waals surface area contributed by atoms with E-state index in [1.807, 2.05) is 0 Å². The van der Waals surface area contributed by atoms with E-state index in [4.69, 9.17) is 34.8 Å². The number of anilines is 1. The number of halogens is 4. The lowest BCUT2D eigenvalue weighted by atomic mass is 10.2. The van der Waals surface area contributed by atoms with Crippen molar-refractivity contribution in [2.24, 2.45) is 0 Å². The van der Waals surface area contributed by atoms with Gasteiger partial charge in [-0.2, -0.15) is 0 Å². The monoisotopic (exact) mass is 303 g/mol. The highest BCUT2D eigenvalue weighted by Gasteiger charge is 2.04. The summed E-state index contributed by atoms with van der Waals surface area (Å²) in [6, 6.07) is 9.73. The summed E-state index contributed by atoms with van der Waals surface area (Å²) in [6.45, 7) is 0.348. The van der Waals surface area contributed by atoms with E-state index >= 15 is 0 Å². The summed E-state index contributed by atoms with van der Waals surface area (Å²) in [5.74, 6) is -0.338. The lowest BCUT2D eigenvalue weighted by molar-refractivity contribution is 0.613. The van der Waals surface area contributed by atoms with Gasteiger partial charge >= 0.3 is 0 Å². The summed E-state index contributed by atoms with van der Waals surface area (Å²) in [5.41, 5.74) is 1.31. The first-order valence-corrected chi connectivity index (χ1v) is 6.32. The zero-order chi connectivity index (χ0) is 13.1. The maximum atomic E-state index is 13.5. The normalized spacial score (nSPS) is 10.4. The van der Waals surface area contributed by atoms with E-state index < -0.39 is 0 Å². The zero-order valence-electron chi connectivity index (χ0n) is 9.18. The second kappa shape index (κ2) is 5.79. The molecule has 0 atom stereocenters. The van der Waals surface area contributed by atoms with E-state index in [1.165, 1.54) is 6.07 Å². The van der Waals surface area contributed by atoms with E-state index in [-0.39, 0.29) is 5.82 Å². The molecular weight excluding hydrogens is 296 g/mol. The summed E-state index contributed by atoms with van der Waals surface area (Å²) in [5, 5.41) is 4.39. The fraction of sp³-hybridized carbons (Fsp3) is 0.0769. The molecule has 5 heteroatoms. The average Bonchev–Trinajstić information content (AvgIpc) is 2.32. The summed E-state index contributed by atoms with van der Waals surface area (Å²) >= 11 is 17.4. The Bertz CT molecular complexity index is 572. The summed E-state index contributed by atoms with van der Waals surface area (Å²) < 4.78 is 13.5. The van der Waals surface area contributed by atoms with E-state index in [2.05, 4.69) is 5.32 Å². The van der Waals surface area contributed by atoms with Crippen molar-refractivity contribution in [2.45, 2.75) is 6.54 Å². The Morgan fingerprint density at radius 1 is 0.944 bits per heavy atom. The van der Waals surface area contributed by atoms with Gasteiger partial charge < -0.3 is 5.32 Å². The van der Waals surface area contributed by atoms with Gasteiger partial charge in [0.15, 0.2) is 0 Å². The minimum Gasteiger partial charge on any atom is -0.381 e. The van der Waals surface area contributed by atoms with Crippen molar-refractivity contribution in [3.63, 3.8) is 0 Å². The second-order valence-electron chi connectivity index (χ2n) is 3.72. The molecule has 0 saturated carbocycles. The zero-order valence-corrected chi connectivity index (χ0v) is 11.5. The Morgan fingerprint density at radius 3 is 2.39 bits per heavy atom. The van der Waals surface area contributed by atoms with E-state index in [0.29, 0.717) is 27.2 Å². The Kier molecular flexibility index (Phi) is 4.33. The maximum absolute atomic E-state index is 13.5. The van der Waals surface area contributed by atoms with Gasteiger partial charge in [-0.1, -0.05) is 40.9 Å². The number of hydrogen-bond acceptors (Lipinski definition) is 1. The van der Waals surface area contributed by atoms with E-state index in [1.54, 1.807) is 30.3 Å². The van der Waals surface area contributed by atoms with Crippen molar-refractivity contribution in [1.29, 1.82) is 0 Å². The van der Waals surface area contributed by atoms with Crippen LogP contribution in [0, 0.1) is 5.82 Å². The van der Waals surface area contributed by atoms with Gasteiger partial charge in [-0.15, -0.1) is 0 Å². The minimum atomic E-state index is -0.338. The molecule has 0 aromatic heterocycles. The van der Waals surface area contributed by atoms with Crippen LogP contribution in [-0.4, -0.2) is 0 Å². The van der Waals surface area contributed by atoms with Crippen LogP contribution in [0.4, 0.5) is 10.1 Å². The fourth-order valence-electron chi connectivity index (χ4n) is 1.47. The highest BCUT2D eigenvalue weighted by Crippen LogP contribution is 2.25. The molecule has 0 unspecified atom stereocenters. The number of hydrogen-bond donors (Lipinski definition) is 1. The smallest absolute Gasteiger partial charge is 0.129 e. The van der Waals surface area contributed by atoms with Crippen molar-refractivity contribution in [3.05, 3.63) is 62.8 Å². The van der Waals surface area contributed by atoms with Crippen LogP contribution in [0.1, 0.15) is 5.56 Å². The molecule has 2 rings (SSSR count). The first-order valence-electron chi connectivity index (χ1n) is 5.19. The molecular formula is C13H9Cl3FN. The van der Waals surface area contributed by atoms with Crippen molar-refractivity contribution in [3.8, 4) is 0 Å². The van der Waals surface area contributed by atoms with E-state index in [9.17, 15) is 4.39 Å². The molecule has 2 aromatic rings. The van der Waals surface area contributed by atoms with Crippen LogP contribution in [0.3, 0.4) is 0 Å². The molecule has 0 aliphatic heterocycles. The summed E-state index contributed by atoms with van der Waals surface area (Å²) in [4.78, 5) is 0. The highest BCUT2D eigenvalue weighted by molar-refractivity contribution is 6.42. The lowest BCUT2D eigenvalue weighted by Gasteiger charge is -2.08. The molecule has 0 radical (unpaired) electrons. The third-order valence-electron chi connectivity index (χ3n) is 2.42. The van der Waals surface area contributed by atoms with Gasteiger partial charge in [0, 0.05) is 22.8 Å². The molecule has 2 aromatic carbocycles. The third kappa shape index (κ3) is 3.29. The predicted octanol–water partition coefficient (Wildman–Crippen LogP) is 5.40. The van der Waals surface area contributed by atoms with Crippen molar-refractivity contribution >= 4 is 40.5 Å². The van der Waals surface area contributed by atoms with Crippen molar-refractivity contribution in [2.75, 3.05) is 5.32 Å².